The van der Waals surface area contributed by atoms with E-state index in [4.69, 9.17) is 11.6 Å². The summed E-state index contributed by atoms with van der Waals surface area (Å²) in [6, 6.07) is 2.24. The van der Waals surface area contributed by atoms with E-state index in [9.17, 15) is 12.8 Å². The van der Waals surface area contributed by atoms with Gasteiger partial charge in [0.05, 0.1) is 5.02 Å². The minimum absolute atomic E-state index is 0.0976. The molecule has 7 heteroatoms. The van der Waals surface area contributed by atoms with Gasteiger partial charge in [-0.2, -0.15) is 0 Å². The molecule has 1 aromatic rings. The number of sulfonamides is 1. The number of hydrogen-bond donors (Lipinski definition) is 2. The van der Waals surface area contributed by atoms with Gasteiger partial charge in [-0.25, -0.2) is 17.5 Å². The molecule has 4 nitrogen and oxygen atoms in total. The summed E-state index contributed by atoms with van der Waals surface area (Å²) in [5.74, 6) is -0.522. The van der Waals surface area contributed by atoms with Gasteiger partial charge in [0.25, 0.3) is 0 Å². The van der Waals surface area contributed by atoms with Gasteiger partial charge in [0.2, 0.25) is 10.0 Å². The lowest BCUT2D eigenvalue weighted by atomic mass is 10.2. The van der Waals surface area contributed by atoms with Crippen molar-refractivity contribution in [3.05, 3.63) is 28.5 Å². The number of halogens is 2. The van der Waals surface area contributed by atoms with E-state index >= 15 is 0 Å². The highest BCUT2D eigenvalue weighted by Crippen LogP contribution is 2.24. The van der Waals surface area contributed by atoms with Crippen LogP contribution in [0.2, 0.25) is 5.02 Å². The molecule has 0 saturated carbocycles. The molecule has 0 aliphatic rings. The van der Waals surface area contributed by atoms with Crippen molar-refractivity contribution in [2.45, 2.75) is 18.7 Å². The van der Waals surface area contributed by atoms with Crippen LogP contribution in [0, 0.1) is 12.7 Å². The molecule has 0 heterocycles. The minimum Gasteiger partial charge on any atom is -0.316 e. The Hall–Kier alpha value is -0.690. The van der Waals surface area contributed by atoms with Crippen LogP contribution < -0.4 is 10.0 Å². The maximum Gasteiger partial charge on any atom is 0.242 e. The van der Waals surface area contributed by atoms with Crippen molar-refractivity contribution in [1.82, 2.24) is 10.0 Å². The van der Waals surface area contributed by atoms with Crippen LogP contribution in [0.4, 0.5) is 4.39 Å². The highest BCUT2D eigenvalue weighted by atomic mass is 35.5. The molecule has 2 N–H and O–H groups in total. The van der Waals surface area contributed by atoms with E-state index in [-0.39, 0.29) is 22.0 Å². The van der Waals surface area contributed by atoms with Crippen LogP contribution in [0.25, 0.3) is 0 Å². The largest absolute Gasteiger partial charge is 0.316 e. The summed E-state index contributed by atoms with van der Waals surface area (Å²) >= 11 is 5.75. The molecule has 0 saturated heterocycles. The van der Waals surface area contributed by atoms with Crippen LogP contribution in [0.15, 0.2) is 17.0 Å². The zero-order valence-electron chi connectivity index (χ0n) is 10.3. The normalized spacial score (nSPS) is 11.8. The lowest BCUT2D eigenvalue weighted by molar-refractivity contribution is 0.576. The van der Waals surface area contributed by atoms with Crippen LogP contribution in [-0.2, 0) is 10.0 Å². The molecule has 0 unspecified atom stereocenters. The van der Waals surface area contributed by atoms with Crippen molar-refractivity contribution in [1.29, 1.82) is 0 Å². The zero-order chi connectivity index (χ0) is 13.8. The SMILES string of the molecule is CCNCCNS(=O)(=O)c1cc(C)c(F)cc1Cl. The fourth-order valence-electron chi connectivity index (χ4n) is 1.36. The monoisotopic (exact) mass is 294 g/mol. The van der Waals surface area contributed by atoms with Gasteiger partial charge in [0.1, 0.15) is 10.7 Å². The molecule has 0 spiro atoms. The number of nitrogens with one attached hydrogen (secondary N) is 2. The Bertz CT molecular complexity index is 520. The molecule has 18 heavy (non-hydrogen) atoms. The number of benzene rings is 1. The van der Waals surface area contributed by atoms with E-state index in [0.29, 0.717) is 6.54 Å². The highest BCUT2D eigenvalue weighted by molar-refractivity contribution is 7.89. The van der Waals surface area contributed by atoms with Gasteiger partial charge in [-0.3, -0.25) is 0 Å². The first-order valence-electron chi connectivity index (χ1n) is 5.54. The molecule has 1 rings (SSSR count). The van der Waals surface area contributed by atoms with E-state index < -0.39 is 15.8 Å². The summed E-state index contributed by atoms with van der Waals surface area (Å²) in [6.45, 7) is 4.95. The second-order valence-corrected chi connectivity index (χ2v) is 5.93. The molecule has 0 amide bonds. The second kappa shape index (κ2) is 6.47. The quantitative estimate of drug-likeness (QED) is 0.785. The first kappa shape index (κ1) is 15.4. The highest BCUT2D eigenvalue weighted by Gasteiger charge is 2.19. The number of likely N-dealkylation sites (N-methyl/N-ethyl adjacent to an activating group) is 1. The van der Waals surface area contributed by atoms with E-state index in [1.165, 1.54) is 13.0 Å². The number of rotatable bonds is 6. The fraction of sp³-hybridized carbons (Fsp3) is 0.455. The first-order valence-corrected chi connectivity index (χ1v) is 7.40. The van der Waals surface area contributed by atoms with E-state index in [1.807, 2.05) is 6.92 Å². The van der Waals surface area contributed by atoms with E-state index in [2.05, 4.69) is 10.0 Å². The van der Waals surface area contributed by atoms with Crippen LogP contribution in [-0.4, -0.2) is 28.1 Å². The topological polar surface area (TPSA) is 58.2 Å². The predicted octanol–water partition coefficient (Wildman–Crippen LogP) is 1.68. The van der Waals surface area contributed by atoms with E-state index in [1.54, 1.807) is 0 Å². The smallest absolute Gasteiger partial charge is 0.242 e. The van der Waals surface area contributed by atoms with Gasteiger partial charge in [-0.1, -0.05) is 18.5 Å². The molecule has 0 bridgehead atoms. The molecule has 0 aromatic heterocycles. The van der Waals surface area contributed by atoms with Gasteiger partial charge >= 0.3 is 0 Å². The van der Waals surface area contributed by atoms with Gasteiger partial charge in [0, 0.05) is 13.1 Å². The Morgan fingerprint density at radius 1 is 1.33 bits per heavy atom. The molecular formula is C11H16ClFN2O2S. The molecular weight excluding hydrogens is 279 g/mol. The summed E-state index contributed by atoms with van der Waals surface area (Å²) in [5, 5.41) is 2.87. The Balaban J connectivity index is 2.88. The summed E-state index contributed by atoms with van der Waals surface area (Å²) in [6.07, 6.45) is 0. The lowest BCUT2D eigenvalue weighted by Gasteiger charge is -2.09. The maximum absolute atomic E-state index is 13.2. The van der Waals surface area contributed by atoms with Crippen molar-refractivity contribution in [2.24, 2.45) is 0 Å². The Morgan fingerprint density at radius 2 is 2.00 bits per heavy atom. The van der Waals surface area contributed by atoms with Gasteiger partial charge in [0.15, 0.2) is 0 Å². The number of hydrogen-bond acceptors (Lipinski definition) is 3. The second-order valence-electron chi connectivity index (χ2n) is 3.78. The van der Waals surface area contributed by atoms with Crippen molar-refractivity contribution in [2.75, 3.05) is 19.6 Å². The molecule has 0 radical (unpaired) electrons. The molecule has 0 atom stereocenters. The Morgan fingerprint density at radius 3 is 2.61 bits per heavy atom. The summed E-state index contributed by atoms with van der Waals surface area (Å²) in [4.78, 5) is -0.0976. The van der Waals surface area contributed by atoms with E-state index in [0.717, 1.165) is 12.6 Å². The third kappa shape index (κ3) is 3.91. The van der Waals surface area contributed by atoms with Crippen molar-refractivity contribution in [3.63, 3.8) is 0 Å². The van der Waals surface area contributed by atoms with Crippen LogP contribution in [0.1, 0.15) is 12.5 Å². The third-order valence-corrected chi connectivity index (χ3v) is 4.27. The zero-order valence-corrected chi connectivity index (χ0v) is 11.8. The lowest BCUT2D eigenvalue weighted by Crippen LogP contribution is -2.32. The van der Waals surface area contributed by atoms with Crippen LogP contribution in [0.5, 0.6) is 0 Å². The summed E-state index contributed by atoms with van der Waals surface area (Å²) in [5.41, 5.74) is 0.242. The predicted molar refractivity (Wildman–Crippen MR) is 69.9 cm³/mol. The first-order chi connectivity index (χ1) is 8.38. The van der Waals surface area contributed by atoms with Crippen LogP contribution >= 0.6 is 11.6 Å². The van der Waals surface area contributed by atoms with Crippen molar-refractivity contribution >= 4 is 21.6 Å². The molecule has 1 aromatic carbocycles. The number of aryl methyl sites for hydroxylation is 1. The Labute approximate surface area is 112 Å². The minimum atomic E-state index is -3.70. The average molecular weight is 295 g/mol. The standard InChI is InChI=1S/C11H16ClFN2O2S/c1-3-14-4-5-15-18(16,17)11-6-8(2)10(13)7-9(11)12/h6-7,14-15H,3-5H2,1-2H3. The van der Waals surface area contributed by atoms with Gasteiger partial charge in [-0.05, 0) is 31.2 Å². The summed E-state index contributed by atoms with van der Waals surface area (Å²) < 4.78 is 39.5. The summed E-state index contributed by atoms with van der Waals surface area (Å²) in [7, 11) is -3.70. The van der Waals surface area contributed by atoms with Gasteiger partial charge < -0.3 is 5.32 Å². The molecule has 0 aliphatic heterocycles. The Kier molecular flexibility index (Phi) is 5.52. The fourth-order valence-corrected chi connectivity index (χ4v) is 2.99. The molecule has 0 aliphatic carbocycles. The maximum atomic E-state index is 13.2. The van der Waals surface area contributed by atoms with Crippen molar-refractivity contribution in [3.8, 4) is 0 Å². The van der Waals surface area contributed by atoms with Gasteiger partial charge in [-0.15, -0.1) is 0 Å². The molecule has 102 valence electrons. The van der Waals surface area contributed by atoms with Crippen LogP contribution in [0.3, 0.4) is 0 Å². The third-order valence-electron chi connectivity index (χ3n) is 2.35. The average Bonchev–Trinajstić information content (AvgIpc) is 2.29. The van der Waals surface area contributed by atoms with Crippen molar-refractivity contribution < 1.29 is 12.8 Å². The molecule has 0 fully saturated rings.